The fourth-order valence-corrected chi connectivity index (χ4v) is 3.49. The topological polar surface area (TPSA) is 45.2 Å². The van der Waals surface area contributed by atoms with Crippen LogP contribution < -0.4 is 5.32 Å². The molecule has 0 spiro atoms. The molecule has 0 atom stereocenters. The summed E-state index contributed by atoms with van der Waals surface area (Å²) in [4.78, 5) is 18.8. The van der Waals surface area contributed by atoms with Gasteiger partial charge in [0.25, 0.3) is 5.91 Å². The molecule has 0 unspecified atom stereocenters. The third kappa shape index (κ3) is 4.86. The zero-order valence-corrected chi connectivity index (χ0v) is 15.5. The first-order chi connectivity index (χ1) is 12.1. The number of carbonyl (C=O) groups is 1. The average Bonchev–Trinajstić information content (AvgIpc) is 2.64. The van der Waals surface area contributed by atoms with E-state index < -0.39 is 0 Å². The quantitative estimate of drug-likeness (QED) is 0.823. The van der Waals surface area contributed by atoms with Crippen molar-refractivity contribution in [1.29, 1.82) is 0 Å². The van der Waals surface area contributed by atoms with Crippen molar-refractivity contribution < 1.29 is 4.79 Å². The van der Waals surface area contributed by atoms with E-state index in [1.165, 1.54) is 6.42 Å². The van der Waals surface area contributed by atoms with Gasteiger partial charge in [0.2, 0.25) is 0 Å². The second-order valence-electron chi connectivity index (χ2n) is 6.20. The summed E-state index contributed by atoms with van der Waals surface area (Å²) < 4.78 is 0. The molecule has 0 aliphatic carbocycles. The Hall–Kier alpha value is -1.78. The third-order valence-corrected chi connectivity index (χ3v) is 4.95. The van der Waals surface area contributed by atoms with Crippen molar-refractivity contribution in [1.82, 2.24) is 9.88 Å². The lowest BCUT2D eigenvalue weighted by atomic mass is 10.1. The van der Waals surface area contributed by atoms with Gasteiger partial charge in [-0.25, -0.2) is 4.98 Å². The van der Waals surface area contributed by atoms with Crippen LogP contribution in [0.2, 0.25) is 10.0 Å². The predicted octanol–water partition coefficient (Wildman–Crippen LogP) is 4.67. The number of hydrogen-bond acceptors (Lipinski definition) is 3. The van der Waals surface area contributed by atoms with Gasteiger partial charge in [0.05, 0.1) is 0 Å². The molecule has 2 aromatic rings. The smallest absolute Gasteiger partial charge is 0.254 e. The van der Waals surface area contributed by atoms with Crippen LogP contribution >= 0.6 is 23.2 Å². The minimum Gasteiger partial charge on any atom is -0.370 e. The van der Waals surface area contributed by atoms with Crippen LogP contribution in [0.25, 0.3) is 0 Å². The highest BCUT2D eigenvalue weighted by Crippen LogP contribution is 2.21. The Morgan fingerprint density at radius 1 is 1.12 bits per heavy atom. The molecular weight excluding hydrogens is 357 g/mol. The fraction of sp³-hybridized carbons (Fsp3) is 0.368. The number of aromatic nitrogens is 1. The molecule has 1 aliphatic heterocycles. The van der Waals surface area contributed by atoms with Gasteiger partial charge in [-0.1, -0.05) is 29.3 Å². The molecule has 3 rings (SSSR count). The van der Waals surface area contributed by atoms with Gasteiger partial charge in [-0.15, -0.1) is 0 Å². The van der Waals surface area contributed by atoms with E-state index in [1.807, 2.05) is 23.1 Å². The largest absolute Gasteiger partial charge is 0.370 e. The first-order valence-corrected chi connectivity index (χ1v) is 9.32. The molecule has 25 heavy (non-hydrogen) atoms. The summed E-state index contributed by atoms with van der Waals surface area (Å²) in [6.45, 7) is 2.37. The molecule has 0 radical (unpaired) electrons. The normalized spacial score (nSPS) is 14.4. The molecule has 1 saturated heterocycles. The van der Waals surface area contributed by atoms with Gasteiger partial charge < -0.3 is 10.2 Å². The maximum absolute atomic E-state index is 12.6. The minimum absolute atomic E-state index is 0.0888. The third-order valence-electron chi connectivity index (χ3n) is 4.37. The van der Waals surface area contributed by atoms with Crippen molar-refractivity contribution in [3.05, 3.63) is 57.7 Å². The van der Waals surface area contributed by atoms with Crippen molar-refractivity contribution in [2.75, 3.05) is 25.0 Å². The Labute approximate surface area is 158 Å². The lowest BCUT2D eigenvalue weighted by molar-refractivity contribution is 0.0724. The van der Waals surface area contributed by atoms with Crippen LogP contribution in [0.15, 0.2) is 36.5 Å². The van der Waals surface area contributed by atoms with Crippen LogP contribution in [0.5, 0.6) is 0 Å². The summed E-state index contributed by atoms with van der Waals surface area (Å²) in [5, 5.41) is 4.55. The molecule has 1 aliphatic rings. The number of likely N-dealkylation sites (tertiary alicyclic amines) is 1. The van der Waals surface area contributed by atoms with Crippen molar-refractivity contribution in [3.63, 3.8) is 0 Å². The van der Waals surface area contributed by atoms with Gasteiger partial charge in [-0.05, 0) is 55.5 Å². The number of carbonyl (C=O) groups excluding carboxylic acids is 1. The van der Waals surface area contributed by atoms with E-state index >= 15 is 0 Å². The molecule has 1 aromatic heterocycles. The minimum atomic E-state index is 0.0888. The molecule has 0 bridgehead atoms. The van der Waals surface area contributed by atoms with Gasteiger partial charge in [0.15, 0.2) is 0 Å². The lowest BCUT2D eigenvalue weighted by Gasteiger charge is -2.26. The number of halogens is 2. The average molecular weight is 378 g/mol. The van der Waals surface area contributed by atoms with Crippen molar-refractivity contribution in [3.8, 4) is 0 Å². The summed E-state index contributed by atoms with van der Waals surface area (Å²) in [6, 6.07) is 9.10. The van der Waals surface area contributed by atoms with E-state index in [4.69, 9.17) is 23.2 Å². The monoisotopic (exact) mass is 377 g/mol. The summed E-state index contributed by atoms with van der Waals surface area (Å²) in [5.41, 5.74) is 1.71. The van der Waals surface area contributed by atoms with Crippen LogP contribution in [-0.4, -0.2) is 35.4 Å². The molecule has 1 fully saturated rings. The first-order valence-electron chi connectivity index (χ1n) is 8.56. The predicted molar refractivity (Wildman–Crippen MR) is 103 cm³/mol. The van der Waals surface area contributed by atoms with Gasteiger partial charge in [-0.3, -0.25) is 4.79 Å². The molecule has 1 aromatic carbocycles. The Kier molecular flexibility index (Phi) is 6.16. The number of amides is 1. The number of nitrogens with one attached hydrogen (secondary N) is 1. The fourth-order valence-electron chi connectivity index (χ4n) is 2.99. The summed E-state index contributed by atoms with van der Waals surface area (Å²) >= 11 is 12.1. The highest BCUT2D eigenvalue weighted by atomic mass is 35.5. The Balaban J connectivity index is 1.58. The molecule has 6 heteroatoms. The lowest BCUT2D eigenvalue weighted by Crippen LogP contribution is -2.35. The number of nitrogens with zero attached hydrogens (tertiary/aromatic N) is 2. The van der Waals surface area contributed by atoms with Gasteiger partial charge in [-0.2, -0.15) is 0 Å². The van der Waals surface area contributed by atoms with Crippen LogP contribution in [-0.2, 0) is 6.42 Å². The number of anilines is 1. The zero-order chi connectivity index (χ0) is 17.6. The number of piperidine rings is 1. The highest BCUT2D eigenvalue weighted by molar-refractivity contribution is 6.35. The van der Waals surface area contributed by atoms with Crippen molar-refractivity contribution in [2.45, 2.75) is 25.7 Å². The molecule has 1 N–H and O–H groups in total. The van der Waals surface area contributed by atoms with E-state index in [9.17, 15) is 4.79 Å². The molecule has 132 valence electrons. The Bertz CT molecular complexity index is 745. The summed E-state index contributed by atoms with van der Waals surface area (Å²) in [7, 11) is 0. The Morgan fingerprint density at radius 2 is 1.92 bits per heavy atom. The summed E-state index contributed by atoms with van der Waals surface area (Å²) in [5.74, 6) is 0.791. The van der Waals surface area contributed by atoms with Crippen LogP contribution in [0.4, 0.5) is 5.82 Å². The van der Waals surface area contributed by atoms with E-state index in [-0.39, 0.29) is 5.91 Å². The number of benzene rings is 1. The zero-order valence-electron chi connectivity index (χ0n) is 14.0. The molecule has 2 heterocycles. The van der Waals surface area contributed by atoms with Crippen LogP contribution in [0.1, 0.15) is 35.2 Å². The van der Waals surface area contributed by atoms with Crippen LogP contribution in [0, 0.1) is 0 Å². The molecule has 4 nitrogen and oxygen atoms in total. The van der Waals surface area contributed by atoms with E-state index in [0.717, 1.165) is 37.9 Å². The summed E-state index contributed by atoms with van der Waals surface area (Å²) in [6.07, 6.45) is 5.81. The van der Waals surface area contributed by atoms with Gasteiger partial charge in [0.1, 0.15) is 5.82 Å². The Morgan fingerprint density at radius 3 is 2.68 bits per heavy atom. The van der Waals surface area contributed by atoms with Crippen LogP contribution in [0.3, 0.4) is 0 Å². The number of pyridine rings is 1. The molecule has 0 saturated carbocycles. The van der Waals surface area contributed by atoms with Gasteiger partial charge >= 0.3 is 0 Å². The second-order valence-corrected chi connectivity index (χ2v) is 7.04. The number of hydrogen-bond donors (Lipinski definition) is 1. The molecule has 1 amide bonds. The standard InChI is InChI=1S/C19H21Cl2N3O/c20-16-5-4-14(17(21)13-16)6-8-22-18-12-15(7-9-23-18)19(25)24-10-2-1-3-11-24/h4-5,7,9,12-13H,1-3,6,8,10-11H2,(H,22,23). The first kappa shape index (κ1) is 18.0. The second kappa shape index (κ2) is 8.54. The van der Waals surface area contributed by atoms with E-state index in [2.05, 4.69) is 10.3 Å². The van der Waals surface area contributed by atoms with E-state index in [1.54, 1.807) is 18.3 Å². The SMILES string of the molecule is O=C(c1ccnc(NCCc2ccc(Cl)cc2Cl)c1)N1CCCCC1. The maximum atomic E-state index is 12.6. The maximum Gasteiger partial charge on any atom is 0.254 e. The van der Waals surface area contributed by atoms with Crippen molar-refractivity contribution >= 4 is 34.9 Å². The number of rotatable bonds is 5. The highest BCUT2D eigenvalue weighted by Gasteiger charge is 2.18. The van der Waals surface area contributed by atoms with Crippen molar-refractivity contribution in [2.24, 2.45) is 0 Å². The van der Waals surface area contributed by atoms with E-state index in [0.29, 0.717) is 28.0 Å². The van der Waals surface area contributed by atoms with Gasteiger partial charge in [0, 0.05) is 41.4 Å². The molecular formula is C19H21Cl2N3O.